The summed E-state index contributed by atoms with van der Waals surface area (Å²) in [6.45, 7) is 6.65. The Morgan fingerprint density at radius 2 is 1.86 bits per heavy atom. The van der Waals surface area contributed by atoms with Crippen LogP contribution < -0.4 is 15.3 Å². The highest BCUT2D eigenvalue weighted by molar-refractivity contribution is 7.98. The van der Waals surface area contributed by atoms with Crippen LogP contribution in [-0.2, 0) is 12.4 Å². The van der Waals surface area contributed by atoms with Crippen LogP contribution in [-0.4, -0.2) is 22.0 Å². The van der Waals surface area contributed by atoms with E-state index in [0.717, 1.165) is 17.1 Å². The highest BCUT2D eigenvalue weighted by Gasteiger charge is 2.13. The van der Waals surface area contributed by atoms with Gasteiger partial charge in [-0.25, -0.2) is 4.68 Å². The number of hydrogen-bond donors (Lipinski definition) is 1. The highest BCUT2D eigenvalue weighted by atomic mass is 32.2. The SMILES string of the molecule is COc1ccc(C)cc1CSc1nnc(COc2ccc(C(C)C)cc2)n1N. The third-order valence-corrected chi connectivity index (χ3v) is 5.43. The van der Waals surface area contributed by atoms with E-state index in [1.807, 2.05) is 24.3 Å². The Morgan fingerprint density at radius 1 is 1.11 bits per heavy atom. The van der Waals surface area contributed by atoms with Crippen molar-refractivity contribution in [1.29, 1.82) is 0 Å². The van der Waals surface area contributed by atoms with Gasteiger partial charge < -0.3 is 15.3 Å². The van der Waals surface area contributed by atoms with Gasteiger partial charge in [0.05, 0.1) is 7.11 Å². The number of nitrogens with two attached hydrogens (primary N) is 1. The quantitative estimate of drug-likeness (QED) is 0.450. The van der Waals surface area contributed by atoms with Crippen LogP contribution in [0.25, 0.3) is 0 Å². The summed E-state index contributed by atoms with van der Waals surface area (Å²) in [4.78, 5) is 0. The van der Waals surface area contributed by atoms with Gasteiger partial charge in [0.25, 0.3) is 0 Å². The van der Waals surface area contributed by atoms with E-state index in [4.69, 9.17) is 15.3 Å². The Morgan fingerprint density at radius 3 is 2.54 bits per heavy atom. The largest absolute Gasteiger partial charge is 0.496 e. The first-order chi connectivity index (χ1) is 13.5. The normalized spacial score (nSPS) is 11.0. The van der Waals surface area contributed by atoms with Gasteiger partial charge in [-0.1, -0.05) is 55.4 Å². The minimum atomic E-state index is 0.263. The van der Waals surface area contributed by atoms with Crippen LogP contribution in [0.2, 0.25) is 0 Å². The molecule has 0 atom stereocenters. The Bertz CT molecular complexity index is 923. The molecule has 0 saturated heterocycles. The molecule has 0 bridgehead atoms. The van der Waals surface area contributed by atoms with Crippen molar-refractivity contribution in [2.45, 2.75) is 44.2 Å². The van der Waals surface area contributed by atoms with Gasteiger partial charge in [0.1, 0.15) is 18.1 Å². The third-order valence-electron chi connectivity index (χ3n) is 4.44. The number of thioether (sulfide) groups is 1. The smallest absolute Gasteiger partial charge is 0.210 e. The second-order valence-electron chi connectivity index (χ2n) is 6.89. The second kappa shape index (κ2) is 9.01. The van der Waals surface area contributed by atoms with Crippen LogP contribution >= 0.6 is 11.8 Å². The zero-order valence-electron chi connectivity index (χ0n) is 16.7. The van der Waals surface area contributed by atoms with Gasteiger partial charge in [-0.3, -0.25) is 0 Å². The van der Waals surface area contributed by atoms with Gasteiger partial charge in [-0.15, -0.1) is 10.2 Å². The molecule has 6 nitrogen and oxygen atoms in total. The Hall–Kier alpha value is -2.67. The summed E-state index contributed by atoms with van der Waals surface area (Å²) < 4.78 is 12.7. The molecule has 7 heteroatoms. The maximum absolute atomic E-state index is 6.16. The zero-order valence-corrected chi connectivity index (χ0v) is 17.5. The lowest BCUT2D eigenvalue weighted by Gasteiger charge is -2.10. The topological polar surface area (TPSA) is 75.2 Å². The number of benzene rings is 2. The van der Waals surface area contributed by atoms with Gasteiger partial charge in [0.15, 0.2) is 5.82 Å². The van der Waals surface area contributed by atoms with E-state index in [2.05, 4.69) is 49.2 Å². The Balaban J connectivity index is 1.61. The lowest BCUT2D eigenvalue weighted by atomic mass is 10.0. The average molecular weight is 399 g/mol. The van der Waals surface area contributed by atoms with E-state index in [-0.39, 0.29) is 6.61 Å². The summed E-state index contributed by atoms with van der Waals surface area (Å²) in [6.07, 6.45) is 0. The molecule has 1 aromatic heterocycles. The maximum Gasteiger partial charge on any atom is 0.210 e. The number of ether oxygens (including phenoxy) is 2. The van der Waals surface area contributed by atoms with Crippen LogP contribution in [0.5, 0.6) is 11.5 Å². The summed E-state index contributed by atoms with van der Waals surface area (Å²) >= 11 is 1.51. The molecule has 2 N–H and O–H groups in total. The first kappa shape index (κ1) is 20.1. The third kappa shape index (κ3) is 4.78. The standard InChI is InChI=1S/C21H26N4O2S/c1-14(2)16-6-8-18(9-7-16)27-12-20-23-24-21(25(20)22)28-13-17-11-15(3)5-10-19(17)26-4/h5-11,14H,12-13,22H2,1-4H3. The van der Waals surface area contributed by atoms with Crippen molar-refractivity contribution in [2.75, 3.05) is 13.0 Å². The van der Waals surface area contributed by atoms with Gasteiger partial charge in [0.2, 0.25) is 5.16 Å². The highest BCUT2D eigenvalue weighted by Crippen LogP contribution is 2.28. The van der Waals surface area contributed by atoms with E-state index in [9.17, 15) is 0 Å². The van der Waals surface area contributed by atoms with Crippen LogP contribution in [0.1, 0.15) is 42.3 Å². The molecule has 28 heavy (non-hydrogen) atoms. The minimum absolute atomic E-state index is 0.263. The predicted molar refractivity (Wildman–Crippen MR) is 112 cm³/mol. The molecule has 0 aliphatic rings. The summed E-state index contributed by atoms with van der Waals surface area (Å²) in [6, 6.07) is 14.2. The predicted octanol–water partition coefficient (Wildman–Crippen LogP) is 4.30. The van der Waals surface area contributed by atoms with Crippen molar-refractivity contribution >= 4 is 11.8 Å². The lowest BCUT2D eigenvalue weighted by molar-refractivity contribution is 0.291. The van der Waals surface area contributed by atoms with Gasteiger partial charge in [-0.2, -0.15) is 0 Å². The van der Waals surface area contributed by atoms with E-state index in [1.165, 1.54) is 27.6 Å². The zero-order chi connectivity index (χ0) is 20.1. The molecule has 0 amide bonds. The average Bonchev–Trinajstić information content (AvgIpc) is 3.04. The first-order valence-corrected chi connectivity index (χ1v) is 10.1. The van der Waals surface area contributed by atoms with Crippen molar-refractivity contribution in [1.82, 2.24) is 14.9 Å². The molecular formula is C21H26N4O2S. The van der Waals surface area contributed by atoms with Gasteiger partial charge in [-0.05, 0) is 36.6 Å². The number of rotatable bonds is 8. The fourth-order valence-electron chi connectivity index (χ4n) is 2.76. The molecule has 2 aromatic carbocycles. The molecule has 1 heterocycles. The van der Waals surface area contributed by atoms with E-state index in [1.54, 1.807) is 7.11 Å². The van der Waals surface area contributed by atoms with Crippen molar-refractivity contribution < 1.29 is 9.47 Å². The van der Waals surface area contributed by atoms with Crippen molar-refractivity contribution in [3.8, 4) is 11.5 Å². The number of methoxy groups -OCH3 is 1. The van der Waals surface area contributed by atoms with Crippen molar-refractivity contribution in [3.63, 3.8) is 0 Å². The monoisotopic (exact) mass is 398 g/mol. The van der Waals surface area contributed by atoms with Crippen molar-refractivity contribution in [3.05, 3.63) is 65.0 Å². The van der Waals surface area contributed by atoms with Crippen LogP contribution in [0.15, 0.2) is 47.6 Å². The molecule has 0 radical (unpaired) electrons. The fraction of sp³-hybridized carbons (Fsp3) is 0.333. The summed E-state index contributed by atoms with van der Waals surface area (Å²) in [7, 11) is 1.67. The lowest BCUT2D eigenvalue weighted by Crippen LogP contribution is -2.15. The van der Waals surface area contributed by atoms with E-state index >= 15 is 0 Å². The minimum Gasteiger partial charge on any atom is -0.496 e. The number of hydrogen-bond acceptors (Lipinski definition) is 6. The summed E-state index contributed by atoms with van der Waals surface area (Å²) in [5.41, 5.74) is 3.56. The second-order valence-corrected chi connectivity index (χ2v) is 7.83. The molecule has 0 aliphatic carbocycles. The molecule has 0 saturated carbocycles. The van der Waals surface area contributed by atoms with Crippen molar-refractivity contribution in [2.24, 2.45) is 0 Å². The number of aromatic nitrogens is 3. The van der Waals surface area contributed by atoms with Crippen LogP contribution in [0.3, 0.4) is 0 Å². The molecule has 0 unspecified atom stereocenters. The molecule has 0 fully saturated rings. The number of aryl methyl sites for hydroxylation is 1. The molecular weight excluding hydrogens is 372 g/mol. The summed E-state index contributed by atoms with van der Waals surface area (Å²) in [5, 5.41) is 8.98. The molecule has 148 valence electrons. The molecule has 3 rings (SSSR count). The van der Waals surface area contributed by atoms with E-state index in [0.29, 0.717) is 22.7 Å². The number of nitrogen functional groups attached to an aromatic ring is 1. The van der Waals surface area contributed by atoms with Gasteiger partial charge in [0, 0.05) is 11.3 Å². The van der Waals surface area contributed by atoms with E-state index < -0.39 is 0 Å². The number of nitrogens with zero attached hydrogens (tertiary/aromatic N) is 3. The molecule has 0 aliphatic heterocycles. The summed E-state index contributed by atoms with van der Waals surface area (Å²) in [5.74, 6) is 9.56. The Kier molecular flexibility index (Phi) is 6.46. The molecule has 0 spiro atoms. The van der Waals surface area contributed by atoms with Crippen LogP contribution in [0.4, 0.5) is 0 Å². The van der Waals surface area contributed by atoms with Gasteiger partial charge >= 0.3 is 0 Å². The fourth-order valence-corrected chi connectivity index (χ4v) is 3.62. The molecule has 3 aromatic rings. The van der Waals surface area contributed by atoms with Crippen LogP contribution in [0, 0.1) is 6.92 Å². The Labute approximate surface area is 170 Å². The maximum atomic E-state index is 6.16. The first-order valence-electron chi connectivity index (χ1n) is 9.16.